The summed E-state index contributed by atoms with van der Waals surface area (Å²) >= 11 is 6.05. The number of hydrazone groups is 1. The van der Waals surface area contributed by atoms with Gasteiger partial charge in [0.2, 0.25) is 5.89 Å². The zero-order chi connectivity index (χ0) is 24.8. The van der Waals surface area contributed by atoms with Gasteiger partial charge >= 0.3 is 12.2 Å². The quantitative estimate of drug-likeness (QED) is 0.341. The third kappa shape index (κ3) is 4.35. The van der Waals surface area contributed by atoms with Crippen LogP contribution in [0.15, 0.2) is 82.3 Å². The van der Waals surface area contributed by atoms with E-state index in [4.69, 9.17) is 16.0 Å². The molecule has 1 aromatic heterocycles. The first-order chi connectivity index (χ1) is 16.6. The first-order valence-electron chi connectivity index (χ1n) is 10.6. The summed E-state index contributed by atoms with van der Waals surface area (Å²) < 4.78 is 44.6. The van der Waals surface area contributed by atoms with Crippen molar-refractivity contribution in [1.29, 1.82) is 0 Å². The van der Waals surface area contributed by atoms with Gasteiger partial charge < -0.3 is 9.73 Å². The number of nitrogens with zero attached hydrogens (tertiary/aromatic N) is 3. The Bertz CT molecular complexity index is 1400. The molecule has 0 spiro atoms. The van der Waals surface area contributed by atoms with Gasteiger partial charge in [0.25, 0.3) is 0 Å². The minimum Gasteiger partial charge on any atom is -0.440 e. The van der Waals surface area contributed by atoms with E-state index >= 15 is 0 Å². The molecule has 1 unspecified atom stereocenters. The van der Waals surface area contributed by atoms with E-state index in [0.717, 1.165) is 17.7 Å². The molecule has 0 saturated carbocycles. The van der Waals surface area contributed by atoms with Crippen LogP contribution in [0.5, 0.6) is 0 Å². The smallest absolute Gasteiger partial charge is 0.416 e. The summed E-state index contributed by atoms with van der Waals surface area (Å²) in [6.45, 7) is 1.97. The van der Waals surface area contributed by atoms with Crippen molar-refractivity contribution in [1.82, 2.24) is 9.99 Å². The first kappa shape index (κ1) is 22.9. The standard InChI is InChI=1S/C25H18ClF3N4O2/c1-24(22-31-19-4-2-3-5-20(19)35-22)14-33(32-21(24)15-6-10-17(26)11-7-15)23(34)30-18-12-8-16(9-13-18)25(27,28)29/h2-13H,14H2,1H3,(H,30,34). The van der Waals surface area contributed by atoms with Crippen LogP contribution in [0.3, 0.4) is 0 Å². The number of anilines is 1. The predicted molar refractivity (Wildman–Crippen MR) is 127 cm³/mol. The van der Waals surface area contributed by atoms with E-state index in [2.05, 4.69) is 15.4 Å². The molecule has 0 radical (unpaired) electrons. The van der Waals surface area contributed by atoms with E-state index in [9.17, 15) is 18.0 Å². The number of alkyl halides is 3. The number of benzene rings is 3. The largest absolute Gasteiger partial charge is 0.440 e. The monoisotopic (exact) mass is 498 g/mol. The molecule has 0 aliphatic carbocycles. The van der Waals surface area contributed by atoms with Crippen molar-refractivity contribution in [2.24, 2.45) is 5.10 Å². The number of halogens is 4. The minimum atomic E-state index is -4.46. The Morgan fingerprint density at radius 3 is 2.40 bits per heavy atom. The molecule has 10 heteroatoms. The fourth-order valence-electron chi connectivity index (χ4n) is 3.95. The van der Waals surface area contributed by atoms with Gasteiger partial charge in [-0.2, -0.15) is 18.3 Å². The predicted octanol–water partition coefficient (Wildman–Crippen LogP) is 6.71. The maximum absolute atomic E-state index is 13.0. The van der Waals surface area contributed by atoms with Gasteiger partial charge in [-0.15, -0.1) is 0 Å². The van der Waals surface area contributed by atoms with Gasteiger partial charge in [0, 0.05) is 10.7 Å². The van der Waals surface area contributed by atoms with Gasteiger partial charge in [-0.05, 0) is 61.0 Å². The SMILES string of the molecule is CC1(c2nc3ccccc3o2)CN(C(=O)Nc2ccc(C(F)(F)F)cc2)N=C1c1ccc(Cl)cc1. The number of aromatic nitrogens is 1. The molecule has 1 aliphatic rings. The highest BCUT2D eigenvalue weighted by Crippen LogP contribution is 2.37. The lowest BCUT2D eigenvalue weighted by Crippen LogP contribution is -2.39. The Labute approximate surface area is 203 Å². The molecule has 4 aromatic rings. The maximum atomic E-state index is 13.0. The summed E-state index contributed by atoms with van der Waals surface area (Å²) in [6, 6.07) is 17.9. The lowest BCUT2D eigenvalue weighted by Gasteiger charge is -2.23. The van der Waals surface area contributed by atoms with Crippen molar-refractivity contribution in [2.75, 3.05) is 11.9 Å². The van der Waals surface area contributed by atoms with Gasteiger partial charge in [-0.1, -0.05) is 35.9 Å². The fraction of sp³-hybridized carbons (Fsp3) is 0.160. The molecule has 0 bridgehead atoms. The van der Waals surface area contributed by atoms with Gasteiger partial charge in [0.05, 0.1) is 17.8 Å². The second-order valence-electron chi connectivity index (χ2n) is 8.34. The molecule has 2 heterocycles. The number of fused-ring (bicyclic) bond motifs is 1. The third-order valence-electron chi connectivity index (χ3n) is 5.79. The lowest BCUT2D eigenvalue weighted by atomic mass is 9.82. The van der Waals surface area contributed by atoms with Gasteiger partial charge in [-0.3, -0.25) is 0 Å². The Hall–Kier alpha value is -3.85. The number of nitrogens with one attached hydrogen (secondary N) is 1. The molecule has 2 amide bonds. The number of amides is 2. The average Bonchev–Trinajstić information content (AvgIpc) is 3.42. The van der Waals surface area contributed by atoms with E-state index in [-0.39, 0.29) is 12.2 Å². The molecular formula is C25H18ClF3N4O2. The van der Waals surface area contributed by atoms with Crippen LogP contribution in [0.25, 0.3) is 11.1 Å². The molecule has 0 saturated heterocycles. The molecule has 35 heavy (non-hydrogen) atoms. The number of oxazole rings is 1. The van der Waals surface area contributed by atoms with E-state index in [1.807, 2.05) is 25.1 Å². The molecular weight excluding hydrogens is 481 g/mol. The molecule has 1 aliphatic heterocycles. The maximum Gasteiger partial charge on any atom is 0.416 e. The highest BCUT2D eigenvalue weighted by Gasteiger charge is 2.46. The van der Waals surface area contributed by atoms with Crippen molar-refractivity contribution < 1.29 is 22.4 Å². The molecule has 0 fully saturated rings. The van der Waals surface area contributed by atoms with Crippen LogP contribution >= 0.6 is 11.6 Å². The zero-order valence-corrected chi connectivity index (χ0v) is 19.1. The summed E-state index contributed by atoms with van der Waals surface area (Å²) in [4.78, 5) is 17.7. The van der Waals surface area contributed by atoms with Crippen molar-refractivity contribution in [3.63, 3.8) is 0 Å². The summed E-state index contributed by atoms with van der Waals surface area (Å²) in [5.41, 5.74) is 1.06. The second-order valence-corrected chi connectivity index (χ2v) is 8.77. The van der Waals surface area contributed by atoms with E-state index in [0.29, 0.717) is 27.7 Å². The topological polar surface area (TPSA) is 70.7 Å². The molecule has 1 atom stereocenters. The second kappa shape index (κ2) is 8.42. The van der Waals surface area contributed by atoms with Crippen molar-refractivity contribution in [3.05, 3.63) is 94.8 Å². The number of hydrogen-bond donors (Lipinski definition) is 1. The molecule has 5 rings (SSSR count). The minimum absolute atomic E-state index is 0.101. The molecule has 1 N–H and O–H groups in total. The van der Waals surface area contributed by atoms with Crippen LogP contribution in [0.1, 0.15) is 23.9 Å². The fourth-order valence-corrected chi connectivity index (χ4v) is 4.08. The first-order valence-corrected chi connectivity index (χ1v) is 11.0. The normalized spacial score (nSPS) is 18.1. The zero-order valence-electron chi connectivity index (χ0n) is 18.3. The Kier molecular flexibility index (Phi) is 5.52. The highest BCUT2D eigenvalue weighted by molar-refractivity contribution is 6.30. The number of para-hydroxylation sites is 2. The number of urea groups is 1. The average molecular weight is 499 g/mol. The highest BCUT2D eigenvalue weighted by atomic mass is 35.5. The number of rotatable bonds is 3. The lowest BCUT2D eigenvalue weighted by molar-refractivity contribution is -0.137. The van der Waals surface area contributed by atoms with Crippen molar-refractivity contribution in [3.8, 4) is 0 Å². The van der Waals surface area contributed by atoms with E-state index in [1.165, 1.54) is 17.1 Å². The Morgan fingerprint density at radius 2 is 1.74 bits per heavy atom. The van der Waals surface area contributed by atoms with Crippen LogP contribution in [0, 0.1) is 0 Å². The van der Waals surface area contributed by atoms with Crippen LogP contribution in [-0.2, 0) is 11.6 Å². The Morgan fingerprint density at radius 1 is 1.06 bits per heavy atom. The third-order valence-corrected chi connectivity index (χ3v) is 6.04. The van der Waals surface area contributed by atoms with Crippen LogP contribution in [0.4, 0.5) is 23.7 Å². The number of carbonyl (C=O) groups is 1. The van der Waals surface area contributed by atoms with Crippen molar-refractivity contribution >= 4 is 40.1 Å². The van der Waals surface area contributed by atoms with Crippen molar-refractivity contribution in [2.45, 2.75) is 18.5 Å². The van der Waals surface area contributed by atoms with Gasteiger partial charge in [-0.25, -0.2) is 14.8 Å². The van der Waals surface area contributed by atoms with Crippen LogP contribution in [0.2, 0.25) is 5.02 Å². The van der Waals surface area contributed by atoms with E-state index < -0.39 is 23.2 Å². The molecule has 3 aromatic carbocycles. The number of hydrogen-bond acceptors (Lipinski definition) is 4. The molecule has 178 valence electrons. The summed E-state index contributed by atoms with van der Waals surface area (Å²) in [5, 5.41) is 8.92. The van der Waals surface area contributed by atoms with E-state index in [1.54, 1.807) is 30.3 Å². The summed E-state index contributed by atoms with van der Waals surface area (Å²) in [5.74, 6) is 0.386. The van der Waals surface area contributed by atoms with Crippen LogP contribution in [-0.4, -0.2) is 28.3 Å². The van der Waals surface area contributed by atoms with Gasteiger partial charge in [0.1, 0.15) is 10.9 Å². The summed E-state index contributed by atoms with van der Waals surface area (Å²) in [6.07, 6.45) is -4.46. The number of carbonyl (C=O) groups excluding carboxylic acids is 1. The molecule has 6 nitrogen and oxygen atoms in total. The van der Waals surface area contributed by atoms with Crippen LogP contribution < -0.4 is 5.32 Å². The Balaban J connectivity index is 1.48. The van der Waals surface area contributed by atoms with Gasteiger partial charge in [0.15, 0.2) is 5.58 Å². The summed E-state index contributed by atoms with van der Waals surface area (Å²) in [7, 11) is 0.